The highest BCUT2D eigenvalue weighted by atomic mass is 79.9. The van der Waals surface area contributed by atoms with Gasteiger partial charge in [0.1, 0.15) is 40.8 Å². The van der Waals surface area contributed by atoms with Gasteiger partial charge in [-0.15, -0.1) is 0 Å². The van der Waals surface area contributed by atoms with E-state index in [4.69, 9.17) is 10.5 Å². The predicted octanol–water partition coefficient (Wildman–Crippen LogP) is 2.74. The summed E-state index contributed by atoms with van der Waals surface area (Å²) in [4.78, 5) is 53.9. The smallest absolute Gasteiger partial charge is 0.338 e. The SMILES string of the molecule is COC(=O)c1cccc2c1c1c(N)ncnc1n2CC(=O)N1[C@@H]2C[C@@H]2C[C@H]1C(=O)Nc1cccc(Br)n1. The fraction of sp³-hybridized carbons (Fsp3) is 0.280. The van der Waals surface area contributed by atoms with E-state index >= 15 is 0 Å². The molecule has 1 saturated carbocycles. The maximum Gasteiger partial charge on any atom is 0.338 e. The zero-order valence-electron chi connectivity index (χ0n) is 19.7. The van der Waals surface area contributed by atoms with E-state index in [1.54, 1.807) is 45.9 Å². The van der Waals surface area contributed by atoms with Crippen LogP contribution >= 0.6 is 15.9 Å². The molecular formula is C25H22BrN7O4. The number of rotatable bonds is 5. The van der Waals surface area contributed by atoms with Gasteiger partial charge < -0.3 is 25.3 Å². The Hall–Kier alpha value is -4.06. The minimum Gasteiger partial charge on any atom is -0.465 e. The molecule has 2 fully saturated rings. The third kappa shape index (κ3) is 3.88. The first kappa shape index (κ1) is 23.3. The minimum atomic E-state index is -0.601. The highest BCUT2D eigenvalue weighted by Gasteiger charge is 2.56. The van der Waals surface area contributed by atoms with Crippen LogP contribution in [0, 0.1) is 5.92 Å². The Labute approximate surface area is 219 Å². The molecule has 37 heavy (non-hydrogen) atoms. The summed E-state index contributed by atoms with van der Waals surface area (Å²) in [6.07, 6.45) is 2.80. The number of hydrogen-bond donors (Lipinski definition) is 2. The number of amides is 2. The van der Waals surface area contributed by atoms with Crippen molar-refractivity contribution in [1.29, 1.82) is 0 Å². The molecule has 3 atom stereocenters. The summed E-state index contributed by atoms with van der Waals surface area (Å²) in [6.45, 7) is -0.0801. The molecule has 0 spiro atoms. The van der Waals surface area contributed by atoms with E-state index < -0.39 is 12.0 Å². The van der Waals surface area contributed by atoms with Crippen LogP contribution in [0.2, 0.25) is 0 Å². The number of carbonyl (C=O) groups is 3. The molecule has 3 N–H and O–H groups in total. The molecule has 1 aliphatic carbocycles. The minimum absolute atomic E-state index is 0.0251. The van der Waals surface area contributed by atoms with E-state index in [2.05, 4.69) is 36.2 Å². The molecule has 1 aromatic carbocycles. The standard InChI is InChI=1S/C25H22BrN7O4/c1-37-25(36)13-4-2-5-14-20(13)21-22(27)28-11-29-23(21)32(14)10-19(34)33-15-8-12(15)9-16(33)24(35)31-18-7-3-6-17(26)30-18/h2-7,11-12,15-16H,8-10H2,1H3,(H2,27,28,29)(H,30,31,35)/t12-,15-,16+/m1/s1. The number of anilines is 2. The largest absolute Gasteiger partial charge is 0.465 e. The van der Waals surface area contributed by atoms with E-state index in [1.165, 1.54) is 13.4 Å². The summed E-state index contributed by atoms with van der Waals surface area (Å²) < 4.78 is 7.29. The second kappa shape index (κ2) is 8.80. The van der Waals surface area contributed by atoms with Gasteiger partial charge in [0.2, 0.25) is 11.8 Å². The quantitative estimate of drug-likeness (QED) is 0.278. The second-order valence-electron chi connectivity index (χ2n) is 9.19. The van der Waals surface area contributed by atoms with Crippen molar-refractivity contribution in [1.82, 2.24) is 24.4 Å². The first-order valence-electron chi connectivity index (χ1n) is 11.7. The molecule has 12 heteroatoms. The summed E-state index contributed by atoms with van der Waals surface area (Å²) in [7, 11) is 1.30. The van der Waals surface area contributed by atoms with Crippen molar-refractivity contribution in [2.75, 3.05) is 18.2 Å². The number of nitrogens with zero attached hydrogens (tertiary/aromatic N) is 5. The number of aromatic nitrogens is 4. The van der Waals surface area contributed by atoms with Crippen LogP contribution in [0.25, 0.3) is 21.9 Å². The lowest BCUT2D eigenvalue weighted by Crippen LogP contribution is -2.46. The lowest BCUT2D eigenvalue weighted by Gasteiger charge is -2.27. The van der Waals surface area contributed by atoms with E-state index in [0.29, 0.717) is 50.3 Å². The Bertz CT molecular complexity index is 1600. The first-order chi connectivity index (χ1) is 17.9. The molecule has 4 aromatic rings. The number of nitrogens with two attached hydrogens (primary N) is 1. The Balaban J connectivity index is 1.36. The van der Waals surface area contributed by atoms with Crippen LogP contribution < -0.4 is 11.1 Å². The second-order valence-corrected chi connectivity index (χ2v) is 10.00. The lowest BCUT2D eigenvalue weighted by molar-refractivity contribution is -0.138. The number of halogens is 1. The van der Waals surface area contributed by atoms with Crippen molar-refractivity contribution in [2.24, 2.45) is 5.92 Å². The third-order valence-corrected chi connectivity index (χ3v) is 7.50. The number of benzene rings is 1. The summed E-state index contributed by atoms with van der Waals surface area (Å²) in [5, 5.41) is 3.84. The Morgan fingerprint density at radius 1 is 1.14 bits per heavy atom. The molecule has 2 aliphatic rings. The average molecular weight is 564 g/mol. The summed E-state index contributed by atoms with van der Waals surface area (Å²) in [6, 6.07) is 9.82. The predicted molar refractivity (Wildman–Crippen MR) is 138 cm³/mol. The molecule has 0 radical (unpaired) electrons. The number of nitrogen functional groups attached to an aromatic ring is 1. The highest BCUT2D eigenvalue weighted by molar-refractivity contribution is 9.10. The molecule has 4 heterocycles. The van der Waals surface area contributed by atoms with Gasteiger partial charge in [0, 0.05) is 11.4 Å². The maximum atomic E-state index is 13.8. The van der Waals surface area contributed by atoms with Crippen molar-refractivity contribution in [3.05, 3.63) is 52.9 Å². The van der Waals surface area contributed by atoms with Crippen molar-refractivity contribution < 1.29 is 19.1 Å². The Kier molecular flexibility index (Phi) is 5.55. The number of likely N-dealkylation sites (tertiary alicyclic amines) is 1. The molecule has 2 amide bonds. The molecule has 1 saturated heterocycles. The van der Waals surface area contributed by atoms with Gasteiger partial charge in [0.05, 0.1) is 23.6 Å². The van der Waals surface area contributed by atoms with Gasteiger partial charge in [-0.05, 0) is 59.0 Å². The van der Waals surface area contributed by atoms with Crippen LogP contribution in [0.15, 0.2) is 47.3 Å². The van der Waals surface area contributed by atoms with Gasteiger partial charge in [-0.3, -0.25) is 9.59 Å². The number of nitrogens with one attached hydrogen (secondary N) is 1. The molecular weight excluding hydrogens is 542 g/mol. The summed E-state index contributed by atoms with van der Waals surface area (Å²) in [5.74, 6) is -0.105. The monoisotopic (exact) mass is 563 g/mol. The van der Waals surface area contributed by atoms with Gasteiger partial charge in [0.15, 0.2) is 0 Å². The highest BCUT2D eigenvalue weighted by Crippen LogP contribution is 2.48. The van der Waals surface area contributed by atoms with Gasteiger partial charge >= 0.3 is 5.97 Å². The van der Waals surface area contributed by atoms with Crippen molar-refractivity contribution >= 4 is 67.3 Å². The van der Waals surface area contributed by atoms with Crippen LogP contribution in [-0.2, 0) is 20.9 Å². The van der Waals surface area contributed by atoms with E-state index in [1.807, 2.05) is 0 Å². The van der Waals surface area contributed by atoms with Crippen molar-refractivity contribution in [2.45, 2.75) is 31.5 Å². The number of esters is 1. The van der Waals surface area contributed by atoms with Crippen LogP contribution in [0.3, 0.4) is 0 Å². The number of fused-ring (bicyclic) bond motifs is 4. The number of pyridine rings is 1. The lowest BCUT2D eigenvalue weighted by atomic mass is 10.1. The Morgan fingerprint density at radius 2 is 1.95 bits per heavy atom. The van der Waals surface area contributed by atoms with Gasteiger partial charge in [-0.2, -0.15) is 0 Å². The average Bonchev–Trinajstić information content (AvgIpc) is 3.42. The number of ether oxygens (including phenoxy) is 1. The maximum absolute atomic E-state index is 13.8. The van der Waals surface area contributed by atoms with E-state index in [-0.39, 0.29) is 30.2 Å². The Morgan fingerprint density at radius 3 is 2.73 bits per heavy atom. The fourth-order valence-electron chi connectivity index (χ4n) is 5.37. The van der Waals surface area contributed by atoms with Crippen LogP contribution in [-0.4, -0.2) is 61.4 Å². The summed E-state index contributed by atoms with van der Waals surface area (Å²) >= 11 is 3.31. The number of piperidine rings is 1. The number of hydrogen-bond acceptors (Lipinski definition) is 8. The van der Waals surface area contributed by atoms with E-state index in [0.717, 1.165) is 6.42 Å². The van der Waals surface area contributed by atoms with Crippen molar-refractivity contribution in [3.63, 3.8) is 0 Å². The molecule has 11 nitrogen and oxygen atoms in total. The molecule has 3 aromatic heterocycles. The van der Waals surface area contributed by atoms with Gasteiger partial charge in [-0.25, -0.2) is 19.7 Å². The zero-order chi connectivity index (χ0) is 25.8. The van der Waals surface area contributed by atoms with Crippen LogP contribution in [0.1, 0.15) is 23.2 Å². The third-order valence-electron chi connectivity index (χ3n) is 7.06. The topological polar surface area (TPSA) is 145 Å². The van der Waals surface area contributed by atoms with Crippen LogP contribution in [0.5, 0.6) is 0 Å². The van der Waals surface area contributed by atoms with Gasteiger partial charge in [-0.1, -0.05) is 12.1 Å². The first-order valence-corrected chi connectivity index (χ1v) is 12.5. The number of carbonyl (C=O) groups excluding carboxylic acids is 3. The molecule has 1 aliphatic heterocycles. The van der Waals surface area contributed by atoms with E-state index in [9.17, 15) is 14.4 Å². The van der Waals surface area contributed by atoms with Gasteiger partial charge in [0.25, 0.3) is 0 Å². The molecule has 0 bridgehead atoms. The molecule has 0 unspecified atom stereocenters. The molecule has 6 rings (SSSR count). The zero-order valence-corrected chi connectivity index (χ0v) is 21.3. The van der Waals surface area contributed by atoms with Crippen LogP contribution in [0.4, 0.5) is 11.6 Å². The van der Waals surface area contributed by atoms with Crippen molar-refractivity contribution in [3.8, 4) is 0 Å². The summed E-state index contributed by atoms with van der Waals surface area (Å²) in [5.41, 5.74) is 7.53. The molecule has 188 valence electrons. The fourth-order valence-corrected chi connectivity index (χ4v) is 5.71. The normalized spacial score (nSPS) is 20.2. The number of methoxy groups -OCH3 is 1.